The highest BCUT2D eigenvalue weighted by atomic mass is 15.3. The summed E-state index contributed by atoms with van der Waals surface area (Å²) in [4.78, 5) is 13.4. The number of imidazole rings is 2. The van der Waals surface area contributed by atoms with E-state index >= 15 is 0 Å². The molecule has 6 nitrogen and oxygen atoms in total. The number of benzene rings is 2. The molecule has 1 aliphatic heterocycles. The lowest BCUT2D eigenvalue weighted by molar-refractivity contribution is 0.0733. The molecule has 1 aliphatic rings. The summed E-state index contributed by atoms with van der Waals surface area (Å²) < 4.78 is 4.07. The van der Waals surface area contributed by atoms with Crippen LogP contribution in [0.25, 0.3) is 11.4 Å². The highest BCUT2D eigenvalue weighted by molar-refractivity contribution is 5.35. The molecule has 1 unspecified atom stereocenters. The molecule has 0 bridgehead atoms. The quantitative estimate of drug-likeness (QED) is 0.484. The zero-order valence-electron chi connectivity index (χ0n) is 17.9. The van der Waals surface area contributed by atoms with E-state index in [9.17, 15) is 0 Å². The molecule has 2 aromatic carbocycles. The molecule has 0 aliphatic carbocycles. The van der Waals surface area contributed by atoms with Crippen LogP contribution >= 0.6 is 0 Å². The largest absolute Gasteiger partial charge is 0.306 e. The molecule has 4 aromatic rings. The van der Waals surface area contributed by atoms with Gasteiger partial charge in [-0.1, -0.05) is 24.3 Å². The molecule has 3 heterocycles. The molecule has 0 spiro atoms. The highest BCUT2D eigenvalue weighted by Crippen LogP contribution is 2.18. The van der Waals surface area contributed by atoms with Crippen LogP contribution in [-0.4, -0.2) is 54.6 Å². The Morgan fingerprint density at radius 3 is 1.77 bits per heavy atom. The normalized spacial score (nSPS) is 17.8. The standard InChI is InChI=1S/C25H28N6/c1-21-16-28(17-22-2-6-24(7-3-22)30-12-10-26-19-30)14-15-29(21)18-23-4-8-25(9-5-23)31-13-11-27-20-31/h2-13,19-21H,14-18H2,1H3. The second-order valence-corrected chi connectivity index (χ2v) is 8.33. The van der Waals surface area contributed by atoms with Gasteiger partial charge in [0.2, 0.25) is 0 Å². The smallest absolute Gasteiger partial charge is 0.0991 e. The van der Waals surface area contributed by atoms with Crippen molar-refractivity contribution in [3.63, 3.8) is 0 Å². The van der Waals surface area contributed by atoms with E-state index in [0.717, 1.165) is 44.1 Å². The molecule has 2 aromatic heterocycles. The lowest BCUT2D eigenvalue weighted by Crippen LogP contribution is -2.50. The molecule has 0 N–H and O–H groups in total. The Morgan fingerprint density at radius 1 is 0.742 bits per heavy atom. The third-order valence-corrected chi connectivity index (χ3v) is 6.12. The molecule has 0 amide bonds. The van der Waals surface area contributed by atoms with Gasteiger partial charge < -0.3 is 9.13 Å². The molecule has 1 fully saturated rings. The van der Waals surface area contributed by atoms with E-state index in [1.807, 2.05) is 46.6 Å². The van der Waals surface area contributed by atoms with Crippen molar-refractivity contribution in [2.45, 2.75) is 26.1 Å². The SMILES string of the molecule is CC1CN(Cc2ccc(-n3ccnc3)cc2)CCN1Cc1ccc(-n2ccnc2)cc1. The van der Waals surface area contributed by atoms with Crippen molar-refractivity contribution in [2.75, 3.05) is 19.6 Å². The number of hydrogen-bond donors (Lipinski definition) is 0. The van der Waals surface area contributed by atoms with Crippen molar-refractivity contribution in [1.29, 1.82) is 0 Å². The molecule has 158 valence electrons. The van der Waals surface area contributed by atoms with E-state index in [4.69, 9.17) is 0 Å². The van der Waals surface area contributed by atoms with Crippen LogP contribution in [-0.2, 0) is 13.1 Å². The van der Waals surface area contributed by atoms with Crippen molar-refractivity contribution in [1.82, 2.24) is 28.9 Å². The van der Waals surface area contributed by atoms with Crippen LogP contribution in [0.2, 0.25) is 0 Å². The van der Waals surface area contributed by atoms with Gasteiger partial charge in [-0.25, -0.2) is 9.97 Å². The zero-order chi connectivity index (χ0) is 21.0. The van der Waals surface area contributed by atoms with Gasteiger partial charge in [-0.05, 0) is 42.3 Å². The van der Waals surface area contributed by atoms with Crippen molar-refractivity contribution >= 4 is 0 Å². The van der Waals surface area contributed by atoms with Gasteiger partial charge in [-0.15, -0.1) is 0 Å². The first-order chi connectivity index (χ1) is 15.2. The molecule has 31 heavy (non-hydrogen) atoms. The van der Waals surface area contributed by atoms with Gasteiger partial charge in [0.25, 0.3) is 0 Å². The van der Waals surface area contributed by atoms with E-state index in [1.165, 1.54) is 11.1 Å². The van der Waals surface area contributed by atoms with Crippen molar-refractivity contribution in [3.05, 3.63) is 97.1 Å². The van der Waals surface area contributed by atoms with Crippen LogP contribution in [0.5, 0.6) is 0 Å². The Bertz CT molecular complexity index is 1070. The first-order valence-electron chi connectivity index (χ1n) is 10.9. The first kappa shape index (κ1) is 19.7. The van der Waals surface area contributed by atoms with Gasteiger partial charge in [-0.3, -0.25) is 9.80 Å². The summed E-state index contributed by atoms with van der Waals surface area (Å²) >= 11 is 0. The minimum absolute atomic E-state index is 0.535. The Kier molecular flexibility index (Phi) is 5.65. The third-order valence-electron chi connectivity index (χ3n) is 6.12. The van der Waals surface area contributed by atoms with E-state index in [-0.39, 0.29) is 0 Å². The molecule has 0 saturated carbocycles. The van der Waals surface area contributed by atoms with Crippen LogP contribution < -0.4 is 0 Å². The second kappa shape index (κ2) is 8.88. The number of piperazine rings is 1. The van der Waals surface area contributed by atoms with Crippen LogP contribution in [0.4, 0.5) is 0 Å². The fraction of sp³-hybridized carbons (Fsp3) is 0.280. The molecule has 1 atom stereocenters. The molecule has 6 heteroatoms. The Morgan fingerprint density at radius 2 is 1.29 bits per heavy atom. The molecule has 1 saturated heterocycles. The Hall–Kier alpha value is -3.22. The minimum Gasteiger partial charge on any atom is -0.306 e. The highest BCUT2D eigenvalue weighted by Gasteiger charge is 2.23. The second-order valence-electron chi connectivity index (χ2n) is 8.33. The summed E-state index contributed by atoms with van der Waals surface area (Å²) in [6.45, 7) is 7.63. The molecule has 0 radical (unpaired) electrons. The lowest BCUT2D eigenvalue weighted by atomic mass is 10.1. The fourth-order valence-corrected chi connectivity index (χ4v) is 4.31. The van der Waals surface area contributed by atoms with Crippen molar-refractivity contribution in [2.24, 2.45) is 0 Å². The van der Waals surface area contributed by atoms with Gasteiger partial charge in [0.05, 0.1) is 12.7 Å². The van der Waals surface area contributed by atoms with Gasteiger partial charge in [0.1, 0.15) is 0 Å². The number of rotatable bonds is 6. The fourth-order valence-electron chi connectivity index (χ4n) is 4.31. The summed E-state index contributed by atoms with van der Waals surface area (Å²) in [6, 6.07) is 18.1. The predicted octanol–water partition coefficient (Wildman–Crippen LogP) is 3.76. The zero-order valence-corrected chi connectivity index (χ0v) is 17.9. The number of hydrogen-bond acceptors (Lipinski definition) is 4. The average Bonchev–Trinajstić information content (AvgIpc) is 3.51. The maximum absolute atomic E-state index is 4.12. The number of aromatic nitrogens is 4. The first-order valence-corrected chi connectivity index (χ1v) is 10.9. The van der Waals surface area contributed by atoms with E-state index < -0.39 is 0 Å². The molecular weight excluding hydrogens is 384 g/mol. The van der Waals surface area contributed by atoms with E-state index in [2.05, 4.69) is 75.2 Å². The van der Waals surface area contributed by atoms with E-state index in [1.54, 1.807) is 0 Å². The van der Waals surface area contributed by atoms with Crippen LogP contribution in [0.3, 0.4) is 0 Å². The summed E-state index contributed by atoms with van der Waals surface area (Å²) in [5.41, 5.74) is 5.02. The third kappa shape index (κ3) is 4.60. The topological polar surface area (TPSA) is 42.1 Å². The Balaban J connectivity index is 1.15. The lowest BCUT2D eigenvalue weighted by Gasteiger charge is -2.40. The van der Waals surface area contributed by atoms with Crippen molar-refractivity contribution < 1.29 is 0 Å². The van der Waals surface area contributed by atoms with Crippen LogP contribution in [0.1, 0.15) is 18.1 Å². The molecule has 5 rings (SSSR count). The van der Waals surface area contributed by atoms with Crippen LogP contribution in [0, 0.1) is 0 Å². The number of nitrogens with zero attached hydrogens (tertiary/aromatic N) is 6. The molecular formula is C25H28N6. The monoisotopic (exact) mass is 412 g/mol. The summed E-state index contributed by atoms with van der Waals surface area (Å²) in [7, 11) is 0. The summed E-state index contributed by atoms with van der Waals surface area (Å²) in [5, 5.41) is 0. The van der Waals surface area contributed by atoms with Crippen molar-refractivity contribution in [3.8, 4) is 11.4 Å². The van der Waals surface area contributed by atoms with Gasteiger partial charge in [0, 0.05) is 74.9 Å². The van der Waals surface area contributed by atoms with Crippen LogP contribution in [0.15, 0.2) is 86.0 Å². The maximum Gasteiger partial charge on any atom is 0.0991 e. The van der Waals surface area contributed by atoms with E-state index in [0.29, 0.717) is 6.04 Å². The predicted molar refractivity (Wildman–Crippen MR) is 122 cm³/mol. The van der Waals surface area contributed by atoms with Gasteiger partial charge in [0.15, 0.2) is 0 Å². The average molecular weight is 413 g/mol. The van der Waals surface area contributed by atoms with Gasteiger partial charge in [-0.2, -0.15) is 0 Å². The summed E-state index contributed by atoms with van der Waals surface area (Å²) in [5.74, 6) is 0. The summed E-state index contributed by atoms with van der Waals surface area (Å²) in [6.07, 6.45) is 11.2. The minimum atomic E-state index is 0.535. The Labute approximate surface area is 183 Å². The maximum atomic E-state index is 4.12. The van der Waals surface area contributed by atoms with Gasteiger partial charge >= 0.3 is 0 Å².